The highest BCUT2D eigenvalue weighted by atomic mass is 19.4. The summed E-state index contributed by atoms with van der Waals surface area (Å²) in [6.45, 7) is 0.265. The molecule has 2 aliphatic rings. The molecule has 1 amide bonds. The van der Waals surface area contributed by atoms with E-state index in [1.165, 1.54) is 24.1 Å². The number of benzene rings is 1. The summed E-state index contributed by atoms with van der Waals surface area (Å²) in [6.07, 6.45) is -4.49. The first-order valence-electron chi connectivity index (χ1n) is 7.06. The van der Waals surface area contributed by atoms with Crippen LogP contribution < -0.4 is 0 Å². The van der Waals surface area contributed by atoms with Gasteiger partial charge in [0.05, 0.1) is 6.04 Å². The van der Waals surface area contributed by atoms with Crippen molar-refractivity contribution in [2.75, 3.05) is 20.6 Å². The summed E-state index contributed by atoms with van der Waals surface area (Å²) in [6, 6.07) is 7.34. The average molecular weight is 314 g/mol. The van der Waals surface area contributed by atoms with Gasteiger partial charge in [-0.05, 0) is 5.56 Å². The van der Waals surface area contributed by atoms with Crippen LogP contribution in [0.15, 0.2) is 30.3 Å². The van der Waals surface area contributed by atoms with Gasteiger partial charge in [-0.2, -0.15) is 18.2 Å². The van der Waals surface area contributed by atoms with E-state index in [0.717, 1.165) is 0 Å². The van der Waals surface area contributed by atoms with Crippen molar-refractivity contribution in [1.29, 1.82) is 0 Å². The summed E-state index contributed by atoms with van der Waals surface area (Å²) < 4.78 is 41.4. The van der Waals surface area contributed by atoms with Crippen molar-refractivity contribution in [1.82, 2.24) is 9.96 Å². The number of hydrogen-bond donors (Lipinski definition) is 0. The van der Waals surface area contributed by atoms with Crippen LogP contribution >= 0.6 is 0 Å². The van der Waals surface area contributed by atoms with Gasteiger partial charge in [0.1, 0.15) is 5.92 Å². The lowest BCUT2D eigenvalue weighted by atomic mass is 9.79. The zero-order chi connectivity index (χ0) is 16.1. The van der Waals surface area contributed by atoms with Gasteiger partial charge in [-0.25, -0.2) is 0 Å². The summed E-state index contributed by atoms with van der Waals surface area (Å²) in [5.41, 5.74) is -1.35. The molecule has 0 saturated carbocycles. The molecule has 3 atom stereocenters. The molecular formula is C15H17F3N2O2. The van der Waals surface area contributed by atoms with Crippen molar-refractivity contribution >= 4 is 5.91 Å². The van der Waals surface area contributed by atoms with E-state index in [4.69, 9.17) is 4.84 Å². The molecule has 0 radical (unpaired) electrons. The van der Waals surface area contributed by atoms with E-state index in [9.17, 15) is 18.0 Å². The number of carbonyl (C=O) groups is 1. The van der Waals surface area contributed by atoms with Gasteiger partial charge < -0.3 is 4.90 Å². The third-order valence-corrected chi connectivity index (χ3v) is 4.54. The van der Waals surface area contributed by atoms with Gasteiger partial charge in [-0.15, -0.1) is 0 Å². The van der Waals surface area contributed by atoms with Gasteiger partial charge in [0.15, 0.2) is 5.60 Å². The van der Waals surface area contributed by atoms with Gasteiger partial charge in [0.25, 0.3) is 5.91 Å². The van der Waals surface area contributed by atoms with Crippen molar-refractivity contribution in [2.45, 2.75) is 24.2 Å². The van der Waals surface area contributed by atoms with E-state index in [-0.39, 0.29) is 13.0 Å². The van der Waals surface area contributed by atoms with E-state index >= 15 is 0 Å². The molecule has 22 heavy (non-hydrogen) atoms. The predicted octanol–water partition coefficient (Wildman–Crippen LogP) is 2.38. The molecule has 1 aromatic rings. The Morgan fingerprint density at radius 2 is 1.86 bits per heavy atom. The Labute approximate surface area is 126 Å². The Hall–Kier alpha value is -1.60. The van der Waals surface area contributed by atoms with E-state index in [1.807, 2.05) is 0 Å². The predicted molar refractivity (Wildman–Crippen MR) is 72.6 cm³/mol. The molecule has 2 aliphatic heterocycles. The molecule has 3 rings (SSSR count). The fourth-order valence-electron chi connectivity index (χ4n) is 3.57. The van der Waals surface area contributed by atoms with Crippen LogP contribution in [0.1, 0.15) is 18.0 Å². The topological polar surface area (TPSA) is 32.8 Å². The second-order valence-corrected chi connectivity index (χ2v) is 5.88. The zero-order valence-electron chi connectivity index (χ0n) is 12.3. The first-order chi connectivity index (χ1) is 10.3. The Balaban J connectivity index is 2.10. The Bertz CT molecular complexity index is 578. The van der Waals surface area contributed by atoms with Gasteiger partial charge in [-0.3, -0.25) is 9.63 Å². The van der Waals surface area contributed by atoms with Crippen molar-refractivity contribution < 1.29 is 22.8 Å². The molecule has 4 nitrogen and oxygen atoms in total. The average Bonchev–Trinajstić information content (AvgIpc) is 2.92. The number of halogens is 3. The first-order valence-corrected chi connectivity index (χ1v) is 7.06. The second-order valence-electron chi connectivity index (χ2n) is 5.88. The van der Waals surface area contributed by atoms with E-state index in [1.54, 1.807) is 30.3 Å². The van der Waals surface area contributed by atoms with Crippen LogP contribution in [0, 0.1) is 5.92 Å². The fourth-order valence-corrected chi connectivity index (χ4v) is 3.57. The molecule has 7 heteroatoms. The summed E-state index contributed by atoms with van der Waals surface area (Å²) in [4.78, 5) is 19.2. The lowest BCUT2D eigenvalue weighted by molar-refractivity contribution is -0.224. The molecule has 120 valence electrons. The lowest BCUT2D eigenvalue weighted by Gasteiger charge is -2.30. The van der Waals surface area contributed by atoms with Crippen LogP contribution in [0.5, 0.6) is 0 Å². The number of carbonyl (C=O) groups excluding carboxylic acids is 1. The number of likely N-dealkylation sites (tertiary alicyclic amines) is 1. The number of likely N-dealkylation sites (N-methyl/N-ethyl adjacent to an activating group) is 1. The smallest absolute Gasteiger partial charge is 0.343 e. The molecule has 0 bridgehead atoms. The summed E-state index contributed by atoms with van der Waals surface area (Å²) in [7, 11) is 2.96. The van der Waals surface area contributed by atoms with Crippen molar-refractivity contribution in [2.24, 2.45) is 5.92 Å². The largest absolute Gasteiger partial charge is 0.397 e. The quantitative estimate of drug-likeness (QED) is 0.798. The van der Waals surface area contributed by atoms with Crippen molar-refractivity contribution in [3.63, 3.8) is 0 Å². The summed E-state index contributed by atoms with van der Waals surface area (Å²) in [5.74, 6) is -2.48. The molecule has 0 unspecified atom stereocenters. The van der Waals surface area contributed by atoms with Crippen LogP contribution in [-0.4, -0.2) is 48.3 Å². The third-order valence-electron chi connectivity index (χ3n) is 4.54. The second kappa shape index (κ2) is 4.96. The monoisotopic (exact) mass is 314 g/mol. The van der Waals surface area contributed by atoms with Crippen LogP contribution in [-0.2, 0) is 9.63 Å². The molecule has 2 fully saturated rings. The van der Waals surface area contributed by atoms with E-state index in [0.29, 0.717) is 5.56 Å². The third kappa shape index (κ3) is 2.11. The van der Waals surface area contributed by atoms with Crippen LogP contribution in [0.4, 0.5) is 13.2 Å². The number of rotatable bonds is 1. The Morgan fingerprint density at radius 3 is 2.36 bits per heavy atom. The minimum Gasteiger partial charge on any atom is -0.343 e. The Morgan fingerprint density at radius 1 is 1.23 bits per heavy atom. The van der Waals surface area contributed by atoms with Crippen LogP contribution in [0.3, 0.4) is 0 Å². The minimum atomic E-state index is -4.54. The highest BCUT2D eigenvalue weighted by molar-refractivity contribution is 5.88. The molecule has 2 heterocycles. The maximum absolute atomic E-state index is 13.8. The number of hydroxylamine groups is 2. The molecule has 0 aromatic heterocycles. The standard InChI is InChI=1S/C15H17F3N2O2/c1-19-9-8-14(13(19)21)12(15(16,17)18)11(20(2)22-14)10-6-4-3-5-7-10/h3-7,11-12H,8-9H2,1-2H3/t11-,12-,14-/m0/s1. The molecule has 1 aromatic carbocycles. The fraction of sp³-hybridized carbons (Fsp3) is 0.533. The number of amides is 1. The normalized spacial score (nSPS) is 33.1. The maximum Gasteiger partial charge on any atom is 0.397 e. The SMILES string of the molecule is CN1CC[C@@]2(ON(C)[C@@H](c3ccccc3)[C@@H]2C(F)(F)F)C1=O. The first kappa shape index (κ1) is 15.3. The number of alkyl halides is 3. The lowest BCUT2D eigenvalue weighted by Crippen LogP contribution is -2.50. The van der Waals surface area contributed by atoms with Gasteiger partial charge in [-0.1, -0.05) is 30.3 Å². The minimum absolute atomic E-state index is 0.0418. The summed E-state index contributed by atoms with van der Waals surface area (Å²) >= 11 is 0. The molecule has 0 N–H and O–H groups in total. The highest BCUT2D eigenvalue weighted by Gasteiger charge is 2.70. The van der Waals surface area contributed by atoms with Crippen LogP contribution in [0.2, 0.25) is 0 Å². The molecule has 1 spiro atoms. The van der Waals surface area contributed by atoms with E-state index in [2.05, 4.69) is 0 Å². The van der Waals surface area contributed by atoms with Gasteiger partial charge in [0, 0.05) is 27.1 Å². The number of hydrogen-bond acceptors (Lipinski definition) is 3. The zero-order valence-corrected chi connectivity index (χ0v) is 12.3. The van der Waals surface area contributed by atoms with Gasteiger partial charge in [0.2, 0.25) is 0 Å². The summed E-state index contributed by atoms with van der Waals surface area (Å²) in [5, 5.41) is 1.19. The number of nitrogens with zero attached hydrogens (tertiary/aromatic N) is 2. The molecular weight excluding hydrogens is 297 g/mol. The van der Waals surface area contributed by atoms with Crippen molar-refractivity contribution in [3.05, 3.63) is 35.9 Å². The molecule has 0 aliphatic carbocycles. The van der Waals surface area contributed by atoms with Gasteiger partial charge >= 0.3 is 6.18 Å². The molecule has 2 saturated heterocycles. The maximum atomic E-state index is 13.8. The van der Waals surface area contributed by atoms with Crippen molar-refractivity contribution in [3.8, 4) is 0 Å². The van der Waals surface area contributed by atoms with Crippen LogP contribution in [0.25, 0.3) is 0 Å². The Kier molecular flexibility index (Phi) is 3.45. The van der Waals surface area contributed by atoms with E-state index < -0.39 is 29.6 Å². The highest BCUT2D eigenvalue weighted by Crippen LogP contribution is 2.55.